The molecule has 0 aromatic heterocycles. The van der Waals surface area contributed by atoms with Crippen LogP contribution in [-0.4, -0.2) is 7.05 Å². The molecule has 1 unspecified atom stereocenters. The molecule has 1 N–H and O–H groups in total. The van der Waals surface area contributed by atoms with Gasteiger partial charge in [0.15, 0.2) is 0 Å². The Morgan fingerprint density at radius 1 is 0.950 bits per heavy atom. The summed E-state index contributed by atoms with van der Waals surface area (Å²) in [6.45, 7) is 6.74. The lowest BCUT2D eigenvalue weighted by molar-refractivity contribution is 0.647. The normalized spacial score (nSPS) is 12.7. The molecule has 0 heterocycles. The van der Waals surface area contributed by atoms with Gasteiger partial charge < -0.3 is 5.32 Å². The van der Waals surface area contributed by atoms with E-state index in [2.05, 4.69) is 74.6 Å². The highest BCUT2D eigenvalue weighted by molar-refractivity contribution is 5.68. The molecule has 0 amide bonds. The fourth-order valence-electron chi connectivity index (χ4n) is 2.63. The van der Waals surface area contributed by atoms with Crippen molar-refractivity contribution in [1.82, 2.24) is 5.32 Å². The number of hydrogen-bond donors (Lipinski definition) is 1. The molecule has 20 heavy (non-hydrogen) atoms. The van der Waals surface area contributed by atoms with Crippen molar-refractivity contribution in [2.75, 3.05) is 7.05 Å². The van der Waals surface area contributed by atoms with Crippen molar-refractivity contribution in [3.63, 3.8) is 0 Å². The van der Waals surface area contributed by atoms with Crippen molar-refractivity contribution in [3.05, 3.63) is 59.7 Å². The number of benzene rings is 2. The summed E-state index contributed by atoms with van der Waals surface area (Å²) in [5, 5.41) is 3.34. The van der Waals surface area contributed by atoms with Gasteiger partial charge in [-0.2, -0.15) is 0 Å². The van der Waals surface area contributed by atoms with Gasteiger partial charge in [-0.05, 0) is 48.6 Å². The Bertz CT molecular complexity index is 557. The zero-order valence-corrected chi connectivity index (χ0v) is 13.0. The summed E-state index contributed by atoms with van der Waals surface area (Å²) < 4.78 is 0. The van der Waals surface area contributed by atoms with Crippen molar-refractivity contribution in [2.45, 2.75) is 33.2 Å². The fourth-order valence-corrected chi connectivity index (χ4v) is 2.63. The molecule has 0 aliphatic carbocycles. The predicted octanol–water partition coefficient (Wildman–Crippen LogP) is 4.83. The predicted molar refractivity (Wildman–Crippen MR) is 87.9 cm³/mol. The molecule has 0 spiro atoms. The number of nitrogens with one attached hydrogen (secondary N) is 1. The Balaban J connectivity index is 2.41. The molecule has 0 aliphatic heterocycles. The molecule has 0 aliphatic rings. The first kappa shape index (κ1) is 14.8. The van der Waals surface area contributed by atoms with Crippen LogP contribution in [0.2, 0.25) is 0 Å². The van der Waals surface area contributed by atoms with Crippen LogP contribution in [-0.2, 0) is 6.42 Å². The van der Waals surface area contributed by atoms with E-state index in [0.717, 1.165) is 6.42 Å². The van der Waals surface area contributed by atoms with Gasteiger partial charge in [0.25, 0.3) is 0 Å². The SMILES string of the molecule is CNC(C)c1ccccc1-c1cccc(CC(C)C)c1. The fraction of sp³-hybridized carbons (Fsp3) is 0.368. The molecular weight excluding hydrogens is 242 g/mol. The lowest BCUT2D eigenvalue weighted by Crippen LogP contribution is -2.13. The second-order valence-corrected chi connectivity index (χ2v) is 5.90. The van der Waals surface area contributed by atoms with Crippen LogP contribution in [0.1, 0.15) is 37.9 Å². The summed E-state index contributed by atoms with van der Waals surface area (Å²) in [6, 6.07) is 18.0. The highest BCUT2D eigenvalue weighted by Crippen LogP contribution is 2.29. The Labute approximate surface area is 123 Å². The van der Waals surface area contributed by atoms with Gasteiger partial charge in [-0.1, -0.05) is 62.4 Å². The maximum Gasteiger partial charge on any atom is 0.0295 e. The molecule has 1 atom stereocenters. The average molecular weight is 267 g/mol. The van der Waals surface area contributed by atoms with Gasteiger partial charge in [-0.25, -0.2) is 0 Å². The minimum absolute atomic E-state index is 0.361. The molecule has 0 fully saturated rings. The number of hydrogen-bond acceptors (Lipinski definition) is 1. The zero-order valence-electron chi connectivity index (χ0n) is 13.0. The lowest BCUT2D eigenvalue weighted by Gasteiger charge is -2.16. The Kier molecular flexibility index (Phi) is 4.97. The van der Waals surface area contributed by atoms with Gasteiger partial charge >= 0.3 is 0 Å². The van der Waals surface area contributed by atoms with E-state index in [1.54, 1.807) is 0 Å². The van der Waals surface area contributed by atoms with Crippen LogP contribution >= 0.6 is 0 Å². The van der Waals surface area contributed by atoms with Gasteiger partial charge in [0.2, 0.25) is 0 Å². The van der Waals surface area contributed by atoms with E-state index in [-0.39, 0.29) is 0 Å². The van der Waals surface area contributed by atoms with Gasteiger partial charge in [0.05, 0.1) is 0 Å². The van der Waals surface area contributed by atoms with E-state index in [1.165, 1.54) is 22.3 Å². The quantitative estimate of drug-likeness (QED) is 0.818. The second-order valence-electron chi connectivity index (χ2n) is 5.90. The Morgan fingerprint density at radius 3 is 2.40 bits per heavy atom. The lowest BCUT2D eigenvalue weighted by atomic mass is 9.93. The molecule has 2 aromatic rings. The first-order valence-corrected chi connectivity index (χ1v) is 7.47. The van der Waals surface area contributed by atoms with Gasteiger partial charge in [-0.3, -0.25) is 0 Å². The minimum atomic E-state index is 0.361. The molecule has 1 heteroatoms. The molecule has 106 valence electrons. The Hall–Kier alpha value is -1.60. The average Bonchev–Trinajstić information content (AvgIpc) is 2.46. The van der Waals surface area contributed by atoms with Gasteiger partial charge in [-0.15, -0.1) is 0 Å². The molecule has 0 radical (unpaired) electrons. The van der Waals surface area contributed by atoms with E-state index < -0.39 is 0 Å². The van der Waals surface area contributed by atoms with Gasteiger partial charge in [0.1, 0.15) is 0 Å². The van der Waals surface area contributed by atoms with Crippen molar-refractivity contribution in [2.24, 2.45) is 5.92 Å². The summed E-state index contributed by atoms with van der Waals surface area (Å²) in [4.78, 5) is 0. The van der Waals surface area contributed by atoms with Crippen LogP contribution in [0, 0.1) is 5.92 Å². The van der Waals surface area contributed by atoms with E-state index in [0.29, 0.717) is 12.0 Å². The van der Waals surface area contributed by atoms with Crippen LogP contribution in [0.15, 0.2) is 48.5 Å². The van der Waals surface area contributed by atoms with E-state index in [1.807, 2.05) is 7.05 Å². The molecule has 2 aromatic carbocycles. The number of rotatable bonds is 5. The summed E-state index contributed by atoms with van der Waals surface area (Å²) in [6.07, 6.45) is 1.14. The summed E-state index contributed by atoms with van der Waals surface area (Å²) in [7, 11) is 2.01. The highest BCUT2D eigenvalue weighted by atomic mass is 14.9. The topological polar surface area (TPSA) is 12.0 Å². The molecule has 0 saturated heterocycles. The molecule has 0 saturated carbocycles. The minimum Gasteiger partial charge on any atom is -0.313 e. The van der Waals surface area contributed by atoms with Crippen LogP contribution in [0.25, 0.3) is 11.1 Å². The van der Waals surface area contributed by atoms with Crippen LogP contribution in [0.4, 0.5) is 0 Å². The smallest absolute Gasteiger partial charge is 0.0295 e. The van der Waals surface area contributed by atoms with Crippen molar-refractivity contribution >= 4 is 0 Å². The maximum absolute atomic E-state index is 3.34. The van der Waals surface area contributed by atoms with Crippen LogP contribution < -0.4 is 5.32 Å². The standard InChI is InChI=1S/C19H25N/c1-14(2)12-16-8-7-9-17(13-16)19-11-6-5-10-18(19)15(3)20-4/h5-11,13-15,20H,12H2,1-4H3. The van der Waals surface area contributed by atoms with Gasteiger partial charge in [0, 0.05) is 6.04 Å². The maximum atomic E-state index is 3.34. The largest absolute Gasteiger partial charge is 0.313 e. The summed E-state index contributed by atoms with van der Waals surface area (Å²) in [5.74, 6) is 0.691. The third-order valence-electron chi connectivity index (χ3n) is 3.74. The highest BCUT2D eigenvalue weighted by Gasteiger charge is 2.10. The summed E-state index contributed by atoms with van der Waals surface area (Å²) >= 11 is 0. The van der Waals surface area contributed by atoms with E-state index in [9.17, 15) is 0 Å². The summed E-state index contributed by atoms with van der Waals surface area (Å²) in [5.41, 5.74) is 5.43. The first-order valence-electron chi connectivity index (χ1n) is 7.47. The third kappa shape index (κ3) is 3.49. The second kappa shape index (κ2) is 6.71. The molecule has 0 bridgehead atoms. The van der Waals surface area contributed by atoms with Crippen LogP contribution in [0.5, 0.6) is 0 Å². The third-order valence-corrected chi connectivity index (χ3v) is 3.74. The van der Waals surface area contributed by atoms with E-state index >= 15 is 0 Å². The molecular formula is C19H25N. The zero-order chi connectivity index (χ0) is 14.5. The Morgan fingerprint density at radius 2 is 1.70 bits per heavy atom. The first-order chi connectivity index (χ1) is 9.61. The molecule has 2 rings (SSSR count). The van der Waals surface area contributed by atoms with E-state index in [4.69, 9.17) is 0 Å². The van der Waals surface area contributed by atoms with Crippen LogP contribution in [0.3, 0.4) is 0 Å². The molecule has 1 nitrogen and oxygen atoms in total. The van der Waals surface area contributed by atoms with Crippen molar-refractivity contribution in [1.29, 1.82) is 0 Å². The van der Waals surface area contributed by atoms with Crippen molar-refractivity contribution < 1.29 is 0 Å². The monoisotopic (exact) mass is 267 g/mol. The van der Waals surface area contributed by atoms with Crippen molar-refractivity contribution in [3.8, 4) is 11.1 Å².